The molecule has 0 aliphatic rings. The maximum absolute atomic E-state index is 12.9. The molecule has 1 aromatic carbocycles. The number of carbonyl (C=O) groups excluding carboxylic acids is 2. The minimum Gasteiger partial charge on any atom is -0.327 e. The molecular weight excluding hydrogens is 400 g/mol. The van der Waals surface area contributed by atoms with Gasteiger partial charge in [0.2, 0.25) is 5.91 Å². The van der Waals surface area contributed by atoms with Crippen molar-refractivity contribution in [2.45, 2.75) is 72.4 Å². The van der Waals surface area contributed by atoms with Crippen molar-refractivity contribution in [2.24, 2.45) is 0 Å². The van der Waals surface area contributed by atoms with Crippen molar-refractivity contribution in [1.29, 1.82) is 0 Å². The van der Waals surface area contributed by atoms with Crippen molar-refractivity contribution in [3.63, 3.8) is 0 Å². The van der Waals surface area contributed by atoms with Crippen LogP contribution in [-0.2, 0) is 15.7 Å². The smallest absolute Gasteiger partial charge is 0.254 e. The van der Waals surface area contributed by atoms with Crippen LogP contribution in [0.5, 0.6) is 0 Å². The van der Waals surface area contributed by atoms with Crippen LogP contribution in [0.4, 0.5) is 5.82 Å². The Hall–Kier alpha value is -2.34. The van der Waals surface area contributed by atoms with E-state index in [0.29, 0.717) is 16.4 Å². The van der Waals surface area contributed by atoms with Crippen molar-refractivity contribution >= 4 is 29.2 Å². The number of amides is 2. The summed E-state index contributed by atoms with van der Waals surface area (Å²) in [4.78, 5) is 27.4. The van der Waals surface area contributed by atoms with Crippen LogP contribution in [0.2, 0.25) is 5.02 Å². The van der Waals surface area contributed by atoms with Gasteiger partial charge in [0.25, 0.3) is 5.91 Å². The number of nitrogens with zero attached hydrogens (tertiary/aromatic N) is 3. The predicted molar refractivity (Wildman–Crippen MR) is 122 cm³/mol. The zero-order valence-electron chi connectivity index (χ0n) is 19.2. The SMILES string of the molecule is CC(C)N(CC(=O)Nc1cc(C(C)(C)C)nn1C(C)(C)C)C(=O)c1ccc(Cl)cc1. The van der Waals surface area contributed by atoms with Gasteiger partial charge in [0.05, 0.1) is 11.2 Å². The van der Waals surface area contributed by atoms with Crippen LogP contribution in [0, 0.1) is 0 Å². The normalized spacial score (nSPS) is 12.2. The highest BCUT2D eigenvalue weighted by atomic mass is 35.5. The van der Waals surface area contributed by atoms with E-state index in [1.54, 1.807) is 29.2 Å². The second kappa shape index (κ2) is 8.80. The Morgan fingerprint density at radius 2 is 1.67 bits per heavy atom. The number of halogens is 1. The number of anilines is 1. The van der Waals surface area contributed by atoms with Crippen LogP contribution in [-0.4, -0.2) is 39.1 Å². The molecule has 0 bridgehead atoms. The third-order valence-corrected chi connectivity index (χ3v) is 4.92. The Kier molecular flexibility index (Phi) is 7.02. The van der Waals surface area contributed by atoms with Gasteiger partial charge in [0, 0.05) is 28.1 Å². The van der Waals surface area contributed by atoms with Crippen LogP contribution in [0.3, 0.4) is 0 Å². The number of carbonyl (C=O) groups is 2. The maximum atomic E-state index is 12.9. The molecule has 1 heterocycles. The van der Waals surface area contributed by atoms with Gasteiger partial charge in [-0.15, -0.1) is 0 Å². The molecule has 0 unspecified atom stereocenters. The van der Waals surface area contributed by atoms with Gasteiger partial charge in [-0.2, -0.15) is 5.10 Å². The molecule has 6 nitrogen and oxygen atoms in total. The van der Waals surface area contributed by atoms with Gasteiger partial charge in [0.1, 0.15) is 12.4 Å². The van der Waals surface area contributed by atoms with Gasteiger partial charge in [-0.3, -0.25) is 9.59 Å². The van der Waals surface area contributed by atoms with Crippen LogP contribution >= 0.6 is 11.6 Å². The standard InChI is InChI=1S/C23H33ClN4O2/c1-15(2)27(21(30)16-9-11-17(24)12-10-16)14-20(29)25-19-13-18(22(3,4)5)26-28(19)23(6,7)8/h9-13,15H,14H2,1-8H3,(H,25,29). The zero-order valence-corrected chi connectivity index (χ0v) is 20.0. The van der Waals surface area contributed by atoms with E-state index >= 15 is 0 Å². The number of benzene rings is 1. The van der Waals surface area contributed by atoms with Crippen LogP contribution in [0.25, 0.3) is 0 Å². The monoisotopic (exact) mass is 432 g/mol. The van der Waals surface area contributed by atoms with E-state index in [4.69, 9.17) is 16.7 Å². The van der Waals surface area contributed by atoms with E-state index in [9.17, 15) is 9.59 Å². The third-order valence-electron chi connectivity index (χ3n) is 4.67. The number of rotatable bonds is 5. The molecule has 0 atom stereocenters. The summed E-state index contributed by atoms with van der Waals surface area (Å²) in [5.74, 6) is 0.147. The Bertz CT molecular complexity index is 903. The van der Waals surface area contributed by atoms with Crippen molar-refractivity contribution < 1.29 is 9.59 Å². The van der Waals surface area contributed by atoms with E-state index < -0.39 is 0 Å². The number of hydrogen-bond donors (Lipinski definition) is 1. The molecule has 0 spiro atoms. The largest absolute Gasteiger partial charge is 0.327 e. The zero-order chi connectivity index (χ0) is 22.9. The molecule has 0 aliphatic heterocycles. The van der Waals surface area contributed by atoms with E-state index in [2.05, 4.69) is 26.1 Å². The molecule has 164 valence electrons. The lowest BCUT2D eigenvalue weighted by Gasteiger charge is -2.27. The second-order valence-corrected chi connectivity index (χ2v) is 10.3. The van der Waals surface area contributed by atoms with E-state index in [1.807, 2.05) is 45.4 Å². The Balaban J connectivity index is 2.25. The van der Waals surface area contributed by atoms with Gasteiger partial charge >= 0.3 is 0 Å². The Morgan fingerprint density at radius 1 is 1.10 bits per heavy atom. The lowest BCUT2D eigenvalue weighted by atomic mass is 9.92. The molecule has 2 rings (SSSR count). The first-order valence-electron chi connectivity index (χ1n) is 10.2. The molecule has 1 N–H and O–H groups in total. The fourth-order valence-corrected chi connectivity index (χ4v) is 3.06. The first-order chi connectivity index (χ1) is 13.7. The molecule has 0 saturated carbocycles. The molecular formula is C23H33ClN4O2. The van der Waals surface area contributed by atoms with Gasteiger partial charge in [-0.05, 0) is 58.9 Å². The summed E-state index contributed by atoms with van der Waals surface area (Å²) < 4.78 is 1.83. The fourth-order valence-electron chi connectivity index (χ4n) is 2.93. The van der Waals surface area contributed by atoms with E-state index in [-0.39, 0.29) is 35.4 Å². The molecule has 1 aromatic heterocycles. The molecule has 0 aliphatic carbocycles. The summed E-state index contributed by atoms with van der Waals surface area (Å²) in [5.41, 5.74) is 0.939. The Morgan fingerprint density at radius 3 is 2.13 bits per heavy atom. The van der Waals surface area contributed by atoms with Crippen molar-refractivity contribution in [2.75, 3.05) is 11.9 Å². The summed E-state index contributed by atoms with van der Waals surface area (Å²) in [6.07, 6.45) is 0. The summed E-state index contributed by atoms with van der Waals surface area (Å²) in [6.45, 7) is 16.1. The molecule has 30 heavy (non-hydrogen) atoms. The van der Waals surface area contributed by atoms with E-state index in [1.165, 1.54) is 0 Å². The maximum Gasteiger partial charge on any atom is 0.254 e. The highest BCUT2D eigenvalue weighted by Gasteiger charge is 2.27. The quantitative estimate of drug-likeness (QED) is 0.716. The molecule has 7 heteroatoms. The summed E-state index contributed by atoms with van der Waals surface area (Å²) in [5, 5.41) is 8.24. The van der Waals surface area contributed by atoms with Crippen molar-refractivity contribution in [3.05, 3.63) is 46.6 Å². The number of nitrogens with one attached hydrogen (secondary N) is 1. The van der Waals surface area contributed by atoms with Crippen LogP contribution < -0.4 is 5.32 Å². The average molecular weight is 433 g/mol. The third kappa shape index (κ3) is 5.85. The number of hydrogen-bond acceptors (Lipinski definition) is 3. The molecule has 2 amide bonds. The molecule has 0 saturated heterocycles. The fraction of sp³-hybridized carbons (Fsp3) is 0.522. The van der Waals surface area contributed by atoms with Crippen molar-refractivity contribution in [3.8, 4) is 0 Å². The van der Waals surface area contributed by atoms with Gasteiger partial charge < -0.3 is 10.2 Å². The molecule has 0 fully saturated rings. The average Bonchev–Trinajstić information content (AvgIpc) is 3.04. The van der Waals surface area contributed by atoms with Crippen LogP contribution in [0.15, 0.2) is 30.3 Å². The summed E-state index contributed by atoms with van der Waals surface area (Å²) >= 11 is 5.92. The topological polar surface area (TPSA) is 67.2 Å². The van der Waals surface area contributed by atoms with E-state index in [0.717, 1.165) is 5.69 Å². The highest BCUT2D eigenvalue weighted by Crippen LogP contribution is 2.28. The predicted octanol–water partition coefficient (Wildman–Crippen LogP) is 5.08. The van der Waals surface area contributed by atoms with Gasteiger partial charge in [0.15, 0.2) is 0 Å². The first-order valence-corrected chi connectivity index (χ1v) is 10.6. The minimum absolute atomic E-state index is 0.0562. The van der Waals surface area contributed by atoms with Crippen molar-refractivity contribution in [1.82, 2.24) is 14.7 Å². The lowest BCUT2D eigenvalue weighted by molar-refractivity contribution is -0.117. The molecule has 2 aromatic rings. The van der Waals surface area contributed by atoms with Crippen LogP contribution in [0.1, 0.15) is 71.4 Å². The minimum atomic E-state index is -0.303. The summed E-state index contributed by atoms with van der Waals surface area (Å²) in [6, 6.07) is 8.44. The highest BCUT2D eigenvalue weighted by molar-refractivity contribution is 6.30. The van der Waals surface area contributed by atoms with Gasteiger partial charge in [-0.1, -0.05) is 32.4 Å². The summed E-state index contributed by atoms with van der Waals surface area (Å²) in [7, 11) is 0. The first kappa shape index (κ1) is 23.9. The Labute approximate surface area is 184 Å². The van der Waals surface area contributed by atoms with Gasteiger partial charge in [-0.25, -0.2) is 4.68 Å². The second-order valence-electron chi connectivity index (χ2n) is 9.83. The molecule has 0 radical (unpaired) electrons. The lowest BCUT2D eigenvalue weighted by Crippen LogP contribution is -2.42. The number of aromatic nitrogens is 2.